The molecule has 1 aliphatic carbocycles. The number of aliphatic hydroxyl groups is 1. The molecule has 0 radical (unpaired) electrons. The fourth-order valence-corrected chi connectivity index (χ4v) is 2.25. The Hall–Kier alpha value is -0.890. The van der Waals surface area contributed by atoms with Gasteiger partial charge in [-0.2, -0.15) is 0 Å². The van der Waals surface area contributed by atoms with E-state index in [0.29, 0.717) is 5.56 Å². The second-order valence-electron chi connectivity index (χ2n) is 3.98. The summed E-state index contributed by atoms with van der Waals surface area (Å²) in [4.78, 5) is 0. The molecule has 0 heterocycles. The van der Waals surface area contributed by atoms with Crippen molar-refractivity contribution in [2.24, 2.45) is 0 Å². The number of aliphatic hydroxyl groups excluding tert-OH is 1. The van der Waals surface area contributed by atoms with Crippen LogP contribution in [0.2, 0.25) is 0 Å². The average molecular weight is 194 g/mol. The van der Waals surface area contributed by atoms with E-state index >= 15 is 0 Å². The van der Waals surface area contributed by atoms with Crippen molar-refractivity contribution in [2.45, 2.75) is 37.7 Å². The van der Waals surface area contributed by atoms with Gasteiger partial charge in [-0.1, -0.05) is 31.0 Å². The highest BCUT2D eigenvalue weighted by Crippen LogP contribution is 2.33. The van der Waals surface area contributed by atoms with Gasteiger partial charge in [0.25, 0.3) is 0 Å². The molecule has 1 aliphatic rings. The Morgan fingerprint density at radius 3 is 2.57 bits per heavy atom. The summed E-state index contributed by atoms with van der Waals surface area (Å²) in [5, 5.41) is 9.78. The first-order valence-electron chi connectivity index (χ1n) is 5.21. The number of halogens is 1. The van der Waals surface area contributed by atoms with Crippen LogP contribution in [0.15, 0.2) is 24.3 Å². The van der Waals surface area contributed by atoms with Crippen molar-refractivity contribution in [2.75, 3.05) is 0 Å². The third-order valence-electron chi connectivity index (χ3n) is 3.03. The molecule has 0 bridgehead atoms. The van der Waals surface area contributed by atoms with E-state index in [0.717, 1.165) is 25.7 Å². The Bertz CT molecular complexity index is 311. The molecule has 14 heavy (non-hydrogen) atoms. The van der Waals surface area contributed by atoms with Gasteiger partial charge in [0.2, 0.25) is 0 Å². The fourth-order valence-electron chi connectivity index (χ4n) is 2.25. The van der Waals surface area contributed by atoms with Gasteiger partial charge < -0.3 is 5.11 Å². The Kier molecular flexibility index (Phi) is 2.82. The van der Waals surface area contributed by atoms with E-state index in [1.165, 1.54) is 6.07 Å². The molecule has 0 aromatic heterocycles. The van der Waals surface area contributed by atoms with Crippen LogP contribution in [-0.2, 0) is 0 Å². The molecule has 1 nitrogen and oxygen atoms in total. The molecule has 1 N–H and O–H groups in total. The van der Waals surface area contributed by atoms with Crippen molar-refractivity contribution >= 4 is 0 Å². The lowest BCUT2D eigenvalue weighted by molar-refractivity contribution is 0.104. The molecule has 1 aromatic carbocycles. The van der Waals surface area contributed by atoms with Gasteiger partial charge >= 0.3 is 0 Å². The van der Waals surface area contributed by atoms with Gasteiger partial charge in [0.1, 0.15) is 5.82 Å². The lowest BCUT2D eigenvalue weighted by Crippen LogP contribution is -2.23. The zero-order chi connectivity index (χ0) is 9.97. The fraction of sp³-hybridized carbons (Fsp3) is 0.500. The number of hydrogen-bond donors (Lipinski definition) is 1. The molecule has 0 spiro atoms. The Morgan fingerprint density at radius 1 is 1.14 bits per heavy atom. The van der Waals surface area contributed by atoms with E-state index < -0.39 is 0 Å². The van der Waals surface area contributed by atoms with Crippen molar-refractivity contribution < 1.29 is 9.50 Å². The lowest BCUT2D eigenvalue weighted by Gasteiger charge is -2.28. The second-order valence-corrected chi connectivity index (χ2v) is 3.98. The van der Waals surface area contributed by atoms with E-state index in [1.807, 2.05) is 6.07 Å². The van der Waals surface area contributed by atoms with Crippen LogP contribution in [0.1, 0.15) is 37.2 Å². The van der Waals surface area contributed by atoms with E-state index in [2.05, 4.69) is 0 Å². The number of hydrogen-bond acceptors (Lipinski definition) is 1. The standard InChI is InChI=1S/C12H15FO/c13-11-7-3-1-5-9(11)10-6-2-4-8-12(10)14/h1,3,5,7,10,12,14H,2,4,6,8H2/t10-,12-/m1/s1. The average Bonchev–Trinajstić information content (AvgIpc) is 2.20. The van der Waals surface area contributed by atoms with E-state index in [1.54, 1.807) is 12.1 Å². The Balaban J connectivity index is 2.25. The van der Waals surface area contributed by atoms with Gasteiger partial charge in [0.15, 0.2) is 0 Å². The number of benzene rings is 1. The Labute approximate surface area is 83.6 Å². The minimum absolute atomic E-state index is 0.00458. The van der Waals surface area contributed by atoms with Gasteiger partial charge in [-0.3, -0.25) is 0 Å². The first-order valence-corrected chi connectivity index (χ1v) is 5.21. The first kappa shape index (κ1) is 9.66. The van der Waals surface area contributed by atoms with Crippen LogP contribution in [0, 0.1) is 5.82 Å². The van der Waals surface area contributed by atoms with Crippen LogP contribution < -0.4 is 0 Å². The predicted octanol–water partition coefficient (Wildman–Crippen LogP) is 2.84. The molecule has 0 amide bonds. The van der Waals surface area contributed by atoms with Crippen molar-refractivity contribution in [3.63, 3.8) is 0 Å². The molecule has 0 saturated heterocycles. The third-order valence-corrected chi connectivity index (χ3v) is 3.03. The van der Waals surface area contributed by atoms with Gasteiger partial charge in [0.05, 0.1) is 6.10 Å². The molecule has 1 saturated carbocycles. The summed E-state index contributed by atoms with van der Waals surface area (Å²) in [5.41, 5.74) is 0.680. The minimum atomic E-state index is -0.361. The molecule has 2 rings (SSSR count). The van der Waals surface area contributed by atoms with E-state index in [9.17, 15) is 9.50 Å². The van der Waals surface area contributed by atoms with Crippen LogP contribution in [0.25, 0.3) is 0 Å². The normalized spacial score (nSPS) is 27.6. The van der Waals surface area contributed by atoms with Crippen LogP contribution >= 0.6 is 0 Å². The molecule has 2 heteroatoms. The topological polar surface area (TPSA) is 20.2 Å². The highest BCUT2D eigenvalue weighted by Gasteiger charge is 2.26. The summed E-state index contributed by atoms with van der Waals surface area (Å²) in [7, 11) is 0. The van der Waals surface area contributed by atoms with Crippen LogP contribution in [0.4, 0.5) is 4.39 Å². The molecule has 1 fully saturated rings. The smallest absolute Gasteiger partial charge is 0.126 e. The predicted molar refractivity (Wildman–Crippen MR) is 53.6 cm³/mol. The van der Waals surface area contributed by atoms with E-state index in [4.69, 9.17) is 0 Å². The summed E-state index contributed by atoms with van der Waals surface area (Å²) in [6, 6.07) is 6.78. The van der Waals surface area contributed by atoms with Crippen LogP contribution in [0.5, 0.6) is 0 Å². The maximum atomic E-state index is 13.4. The summed E-state index contributed by atoms with van der Waals surface area (Å²) in [5.74, 6) is -0.177. The maximum absolute atomic E-state index is 13.4. The summed E-state index contributed by atoms with van der Waals surface area (Å²) >= 11 is 0. The molecule has 0 aliphatic heterocycles. The van der Waals surface area contributed by atoms with Crippen molar-refractivity contribution in [1.29, 1.82) is 0 Å². The Morgan fingerprint density at radius 2 is 1.86 bits per heavy atom. The van der Waals surface area contributed by atoms with Gasteiger partial charge in [-0.15, -0.1) is 0 Å². The zero-order valence-electron chi connectivity index (χ0n) is 8.12. The second kappa shape index (κ2) is 4.09. The van der Waals surface area contributed by atoms with E-state index in [-0.39, 0.29) is 17.8 Å². The largest absolute Gasteiger partial charge is 0.392 e. The lowest BCUT2D eigenvalue weighted by atomic mass is 9.81. The highest BCUT2D eigenvalue weighted by atomic mass is 19.1. The first-order chi connectivity index (χ1) is 6.79. The monoisotopic (exact) mass is 194 g/mol. The number of rotatable bonds is 1. The molecule has 0 unspecified atom stereocenters. The van der Waals surface area contributed by atoms with Crippen molar-refractivity contribution in [3.8, 4) is 0 Å². The van der Waals surface area contributed by atoms with Crippen molar-refractivity contribution in [3.05, 3.63) is 35.6 Å². The van der Waals surface area contributed by atoms with Gasteiger partial charge in [0, 0.05) is 5.92 Å². The molecular formula is C12H15FO. The molecule has 76 valence electrons. The maximum Gasteiger partial charge on any atom is 0.126 e. The molecule has 1 aromatic rings. The minimum Gasteiger partial charge on any atom is -0.392 e. The molecular weight excluding hydrogens is 179 g/mol. The summed E-state index contributed by atoms with van der Waals surface area (Å²) < 4.78 is 13.4. The zero-order valence-corrected chi connectivity index (χ0v) is 8.12. The quantitative estimate of drug-likeness (QED) is 0.728. The summed E-state index contributed by atoms with van der Waals surface area (Å²) in [6.45, 7) is 0. The molecule has 2 atom stereocenters. The van der Waals surface area contributed by atoms with Crippen LogP contribution in [0.3, 0.4) is 0 Å². The highest BCUT2D eigenvalue weighted by molar-refractivity contribution is 5.23. The van der Waals surface area contributed by atoms with Gasteiger partial charge in [-0.25, -0.2) is 4.39 Å². The third kappa shape index (κ3) is 1.80. The van der Waals surface area contributed by atoms with Crippen molar-refractivity contribution in [1.82, 2.24) is 0 Å². The summed E-state index contributed by atoms with van der Waals surface area (Å²) in [6.07, 6.45) is 3.50. The van der Waals surface area contributed by atoms with Gasteiger partial charge in [-0.05, 0) is 24.5 Å². The van der Waals surface area contributed by atoms with Crippen LogP contribution in [-0.4, -0.2) is 11.2 Å². The SMILES string of the molecule is O[C@@H]1CCCC[C@@H]1c1ccccc1F.